The summed E-state index contributed by atoms with van der Waals surface area (Å²) >= 11 is 2.62. The average molecular weight is 488 g/mol. The molecule has 5 rings (SSSR count). The number of carbonyl (C=O) groups excluding carboxylic acids is 1. The van der Waals surface area contributed by atoms with Gasteiger partial charge in [-0.05, 0) is 31.5 Å². The van der Waals surface area contributed by atoms with Crippen LogP contribution in [0, 0.1) is 13.8 Å². The van der Waals surface area contributed by atoms with E-state index in [2.05, 4.69) is 20.4 Å². The number of hydrogen-bond acceptors (Lipinski definition) is 6. The Morgan fingerprint density at radius 3 is 2.53 bits per heavy atom. The predicted molar refractivity (Wildman–Crippen MR) is 138 cm³/mol. The molecule has 3 aromatic heterocycles. The Bertz CT molecular complexity index is 1540. The first kappa shape index (κ1) is 22.1. The van der Waals surface area contributed by atoms with Crippen molar-refractivity contribution in [3.8, 4) is 16.8 Å². The van der Waals surface area contributed by atoms with E-state index in [0.717, 1.165) is 28.2 Å². The predicted octanol–water partition coefficient (Wildman–Crippen LogP) is 5.18. The zero-order chi connectivity index (χ0) is 23.7. The first-order valence-corrected chi connectivity index (χ1v) is 12.5. The third-order valence-electron chi connectivity index (χ3n) is 5.40. The lowest BCUT2D eigenvalue weighted by atomic mass is 10.1. The van der Waals surface area contributed by atoms with Crippen molar-refractivity contribution < 1.29 is 4.79 Å². The highest BCUT2D eigenvalue weighted by Gasteiger charge is 2.17. The van der Waals surface area contributed by atoms with Gasteiger partial charge in [-0.2, -0.15) is 5.10 Å². The van der Waals surface area contributed by atoms with Gasteiger partial charge in [0.25, 0.3) is 5.56 Å². The van der Waals surface area contributed by atoms with Crippen molar-refractivity contribution in [2.45, 2.75) is 19.0 Å². The number of nitrogens with one attached hydrogen (secondary N) is 2. The molecular weight excluding hydrogens is 466 g/mol. The fourth-order valence-corrected chi connectivity index (χ4v) is 5.45. The lowest BCUT2D eigenvalue weighted by molar-refractivity contribution is -0.113. The minimum Gasteiger partial charge on any atom is -0.322 e. The number of H-pyrrole nitrogens is 1. The van der Waals surface area contributed by atoms with Crippen molar-refractivity contribution in [3.63, 3.8) is 0 Å². The fraction of sp³-hybridized carbons (Fsp3) is 0.120. The van der Waals surface area contributed by atoms with Crippen molar-refractivity contribution >= 4 is 44.9 Å². The highest BCUT2D eigenvalue weighted by Crippen LogP contribution is 2.31. The summed E-state index contributed by atoms with van der Waals surface area (Å²) in [6, 6.07) is 19.5. The van der Waals surface area contributed by atoms with Gasteiger partial charge in [0.05, 0.1) is 33.9 Å². The molecule has 170 valence electrons. The zero-order valence-corrected chi connectivity index (χ0v) is 20.2. The Balaban J connectivity index is 1.31. The van der Waals surface area contributed by atoms with Gasteiger partial charge < -0.3 is 10.3 Å². The summed E-state index contributed by atoms with van der Waals surface area (Å²) in [6.45, 7) is 3.78. The van der Waals surface area contributed by atoms with Crippen LogP contribution >= 0.6 is 23.1 Å². The Labute approximate surface area is 203 Å². The molecule has 34 heavy (non-hydrogen) atoms. The standard InChI is InChI=1S/C25H21N5O2S2/c1-15-22(16(2)30(29-15)18-11-7-4-8-12-18)26-20(31)14-34-25-27-23(32)21-19(13-33-24(21)28-25)17-9-5-3-6-10-17/h3-13H,14H2,1-2H3,(H,26,31)(H,27,28,32). The second kappa shape index (κ2) is 9.28. The molecule has 9 heteroatoms. The number of fused-ring (bicyclic) bond motifs is 1. The summed E-state index contributed by atoms with van der Waals surface area (Å²) in [5.74, 6) is -0.0801. The molecule has 3 heterocycles. The number of aromatic amines is 1. The molecule has 0 fully saturated rings. The van der Waals surface area contributed by atoms with E-state index in [1.54, 1.807) is 0 Å². The minimum absolute atomic E-state index is 0.112. The van der Waals surface area contributed by atoms with Crippen LogP contribution in [0.25, 0.3) is 27.0 Å². The molecule has 2 aromatic carbocycles. The van der Waals surface area contributed by atoms with Gasteiger partial charge >= 0.3 is 0 Å². The number of nitrogens with zero attached hydrogens (tertiary/aromatic N) is 3. The van der Waals surface area contributed by atoms with E-state index >= 15 is 0 Å². The number of thiophene rings is 1. The molecule has 0 saturated heterocycles. The maximum Gasteiger partial charge on any atom is 0.260 e. The van der Waals surface area contributed by atoms with Gasteiger partial charge in [-0.3, -0.25) is 9.59 Å². The van der Waals surface area contributed by atoms with Crippen LogP contribution in [0.1, 0.15) is 11.4 Å². The van der Waals surface area contributed by atoms with Crippen molar-refractivity contribution in [1.82, 2.24) is 19.7 Å². The van der Waals surface area contributed by atoms with Crippen LogP contribution in [-0.4, -0.2) is 31.4 Å². The highest BCUT2D eigenvalue weighted by molar-refractivity contribution is 7.99. The fourth-order valence-electron chi connectivity index (χ4n) is 3.78. The molecule has 0 aliphatic carbocycles. The summed E-state index contributed by atoms with van der Waals surface area (Å²) in [6.07, 6.45) is 0. The number of para-hydroxylation sites is 1. The number of aryl methyl sites for hydroxylation is 1. The summed E-state index contributed by atoms with van der Waals surface area (Å²) in [5, 5.41) is 10.5. The van der Waals surface area contributed by atoms with Crippen molar-refractivity contribution in [2.24, 2.45) is 0 Å². The molecule has 0 saturated carbocycles. The topological polar surface area (TPSA) is 92.7 Å². The molecule has 7 nitrogen and oxygen atoms in total. The van der Waals surface area contributed by atoms with Crippen molar-refractivity contribution in [2.75, 3.05) is 11.1 Å². The Morgan fingerprint density at radius 2 is 1.79 bits per heavy atom. The largest absolute Gasteiger partial charge is 0.322 e. The number of thioether (sulfide) groups is 1. The molecule has 1 amide bonds. The number of rotatable bonds is 6. The summed E-state index contributed by atoms with van der Waals surface area (Å²) in [4.78, 5) is 33.5. The van der Waals surface area contributed by atoms with E-state index in [-0.39, 0.29) is 17.2 Å². The number of anilines is 1. The van der Waals surface area contributed by atoms with Crippen LogP contribution in [-0.2, 0) is 4.79 Å². The lowest BCUT2D eigenvalue weighted by Crippen LogP contribution is -2.16. The second-order valence-electron chi connectivity index (χ2n) is 7.70. The minimum atomic E-state index is -0.205. The van der Waals surface area contributed by atoms with Crippen molar-refractivity contribution in [1.29, 1.82) is 0 Å². The van der Waals surface area contributed by atoms with Crippen LogP contribution < -0.4 is 10.9 Å². The quantitative estimate of drug-likeness (QED) is 0.254. The third kappa shape index (κ3) is 4.27. The molecule has 5 aromatic rings. The molecule has 0 aliphatic heterocycles. The molecule has 2 N–H and O–H groups in total. The Kier molecular flexibility index (Phi) is 6.04. The van der Waals surface area contributed by atoms with Crippen molar-refractivity contribution in [3.05, 3.63) is 87.8 Å². The number of benzene rings is 2. The van der Waals surface area contributed by atoms with E-state index in [1.165, 1.54) is 23.1 Å². The highest BCUT2D eigenvalue weighted by atomic mass is 32.2. The normalized spacial score (nSPS) is 11.1. The lowest BCUT2D eigenvalue weighted by Gasteiger charge is -2.07. The molecule has 0 bridgehead atoms. The third-order valence-corrected chi connectivity index (χ3v) is 7.15. The first-order chi connectivity index (χ1) is 16.5. The first-order valence-electron chi connectivity index (χ1n) is 10.6. The number of amides is 1. The van der Waals surface area contributed by atoms with E-state index in [1.807, 2.05) is 84.6 Å². The summed E-state index contributed by atoms with van der Waals surface area (Å²) < 4.78 is 1.81. The number of aromatic nitrogens is 4. The van der Waals surface area contributed by atoms with Gasteiger partial charge in [0.2, 0.25) is 5.91 Å². The Hall–Kier alpha value is -3.69. The van der Waals surface area contributed by atoms with E-state index in [9.17, 15) is 9.59 Å². The zero-order valence-electron chi connectivity index (χ0n) is 18.5. The molecular formula is C25H21N5O2S2. The monoisotopic (exact) mass is 487 g/mol. The van der Waals surface area contributed by atoms with Crippen LogP contribution in [0.3, 0.4) is 0 Å². The van der Waals surface area contributed by atoms with E-state index in [0.29, 0.717) is 21.1 Å². The molecule has 0 atom stereocenters. The van der Waals surface area contributed by atoms with E-state index in [4.69, 9.17) is 0 Å². The van der Waals surface area contributed by atoms with Gasteiger partial charge in [-0.15, -0.1) is 11.3 Å². The Morgan fingerprint density at radius 1 is 1.09 bits per heavy atom. The van der Waals surface area contributed by atoms with Crippen LogP contribution in [0.15, 0.2) is 76.0 Å². The second-order valence-corrected chi connectivity index (χ2v) is 9.52. The average Bonchev–Trinajstić information content (AvgIpc) is 3.41. The summed E-state index contributed by atoms with van der Waals surface area (Å²) in [7, 11) is 0. The maximum atomic E-state index is 12.8. The maximum absolute atomic E-state index is 12.8. The van der Waals surface area contributed by atoms with Crippen LogP contribution in [0.4, 0.5) is 5.69 Å². The van der Waals surface area contributed by atoms with Gasteiger partial charge in [0, 0.05) is 10.9 Å². The van der Waals surface area contributed by atoms with Gasteiger partial charge in [-0.25, -0.2) is 9.67 Å². The molecule has 0 radical (unpaired) electrons. The van der Waals surface area contributed by atoms with Gasteiger partial charge in [0.1, 0.15) is 4.83 Å². The molecule has 0 aliphatic rings. The van der Waals surface area contributed by atoms with E-state index < -0.39 is 0 Å². The van der Waals surface area contributed by atoms with Gasteiger partial charge in [-0.1, -0.05) is 60.3 Å². The number of hydrogen-bond donors (Lipinski definition) is 2. The SMILES string of the molecule is Cc1nn(-c2ccccc2)c(C)c1NC(=O)CSc1nc2scc(-c3ccccc3)c2c(=O)[nH]1. The molecule has 0 spiro atoms. The summed E-state index contributed by atoms with van der Waals surface area (Å²) in [5.41, 5.74) is 4.84. The smallest absolute Gasteiger partial charge is 0.260 e. The van der Waals surface area contributed by atoms with Crippen LogP contribution in [0.5, 0.6) is 0 Å². The molecule has 0 unspecified atom stereocenters. The van der Waals surface area contributed by atoms with Gasteiger partial charge in [0.15, 0.2) is 5.16 Å². The number of carbonyl (C=O) groups is 1. The van der Waals surface area contributed by atoms with Crippen LogP contribution in [0.2, 0.25) is 0 Å².